The minimum absolute atomic E-state index is 0.0536. The molecule has 0 spiro atoms. The number of fused-ring (bicyclic) bond motifs is 2. The van der Waals surface area contributed by atoms with Gasteiger partial charge in [0.05, 0.1) is 24.2 Å². The molecule has 250 valence electrons. The molecule has 0 bridgehead atoms. The number of likely N-dealkylation sites (tertiary alicyclic amines) is 1. The second kappa shape index (κ2) is 13.3. The summed E-state index contributed by atoms with van der Waals surface area (Å²) in [6, 6.07) is 18.1. The Morgan fingerprint density at radius 2 is 1.77 bits per heavy atom. The number of sulfonamides is 1. The fourth-order valence-electron chi connectivity index (χ4n) is 6.99. The molecule has 0 saturated carbocycles. The lowest BCUT2D eigenvalue weighted by Crippen LogP contribution is -2.20. The molecule has 3 heterocycles. The number of hydrogen-bond acceptors (Lipinski definition) is 7. The van der Waals surface area contributed by atoms with Gasteiger partial charge in [0.25, 0.3) is 0 Å². The topological polar surface area (TPSA) is 118 Å². The third kappa shape index (κ3) is 7.79. The van der Waals surface area contributed by atoms with Crippen molar-refractivity contribution in [2.45, 2.75) is 89.2 Å². The van der Waals surface area contributed by atoms with Gasteiger partial charge in [0.2, 0.25) is 15.9 Å². The number of hydrogen-bond donors (Lipinski definition) is 2. The summed E-state index contributed by atoms with van der Waals surface area (Å²) >= 11 is 0. The SMILES string of the molecule is CN1CCC[C@@H]1c1nnc2ccc(O[C@@H]3CC[C@H](CCCC(=O)Nc4cc(NS(C)(=O)=O)cc(C(C)(C)C)c4)c4ccccc43)cn12. The molecule has 2 aromatic carbocycles. The van der Waals surface area contributed by atoms with Crippen LogP contribution in [0, 0.1) is 0 Å². The highest BCUT2D eigenvalue weighted by Gasteiger charge is 2.30. The molecule has 0 unspecified atom stereocenters. The van der Waals surface area contributed by atoms with Crippen molar-refractivity contribution in [3.63, 3.8) is 0 Å². The van der Waals surface area contributed by atoms with Gasteiger partial charge in [-0.05, 0) is 110 Å². The predicted molar refractivity (Wildman–Crippen MR) is 185 cm³/mol. The number of carbonyl (C=O) groups is 1. The summed E-state index contributed by atoms with van der Waals surface area (Å²) in [6.45, 7) is 7.23. The van der Waals surface area contributed by atoms with Gasteiger partial charge in [-0.15, -0.1) is 10.2 Å². The number of carbonyl (C=O) groups excluding carboxylic acids is 1. The summed E-state index contributed by atoms with van der Waals surface area (Å²) < 4.78 is 35.0. The first-order valence-corrected chi connectivity index (χ1v) is 18.5. The monoisotopic (exact) mass is 658 g/mol. The Bertz CT molecular complexity index is 1860. The van der Waals surface area contributed by atoms with Crippen molar-refractivity contribution in [1.29, 1.82) is 0 Å². The number of benzene rings is 2. The number of ether oxygens (including phenoxy) is 1. The zero-order valence-electron chi connectivity index (χ0n) is 28.0. The van der Waals surface area contributed by atoms with E-state index in [4.69, 9.17) is 4.74 Å². The number of nitrogens with zero attached hydrogens (tertiary/aromatic N) is 4. The predicted octanol–water partition coefficient (Wildman–Crippen LogP) is 6.97. The van der Waals surface area contributed by atoms with Crippen molar-refractivity contribution in [2.75, 3.05) is 29.9 Å². The van der Waals surface area contributed by atoms with E-state index in [1.807, 2.05) is 30.5 Å². The van der Waals surface area contributed by atoms with E-state index < -0.39 is 10.0 Å². The number of aromatic nitrogens is 3. The van der Waals surface area contributed by atoms with Crippen molar-refractivity contribution in [1.82, 2.24) is 19.5 Å². The van der Waals surface area contributed by atoms with Gasteiger partial charge in [-0.2, -0.15) is 0 Å². The lowest BCUT2D eigenvalue weighted by Gasteiger charge is -2.32. The molecule has 10 nitrogen and oxygen atoms in total. The molecule has 0 radical (unpaired) electrons. The zero-order valence-corrected chi connectivity index (χ0v) is 28.8. The summed E-state index contributed by atoms with van der Waals surface area (Å²) in [7, 11) is -1.31. The molecule has 1 aliphatic carbocycles. The molecule has 1 amide bonds. The number of anilines is 2. The van der Waals surface area contributed by atoms with Crippen molar-refractivity contribution in [2.24, 2.45) is 0 Å². The van der Waals surface area contributed by atoms with Crippen molar-refractivity contribution >= 4 is 33.0 Å². The molecular formula is C36H46N6O4S. The van der Waals surface area contributed by atoms with Crippen LogP contribution in [0.2, 0.25) is 0 Å². The smallest absolute Gasteiger partial charge is 0.229 e. The summed E-state index contributed by atoms with van der Waals surface area (Å²) in [4.78, 5) is 15.4. The molecule has 2 aromatic heterocycles. The van der Waals surface area contributed by atoms with Crippen LogP contribution in [0.3, 0.4) is 0 Å². The number of rotatable bonds is 10. The van der Waals surface area contributed by atoms with E-state index in [2.05, 4.69) is 81.6 Å². The molecular weight excluding hydrogens is 613 g/mol. The van der Waals surface area contributed by atoms with E-state index >= 15 is 0 Å². The van der Waals surface area contributed by atoms with Gasteiger partial charge in [-0.3, -0.25) is 18.8 Å². The van der Waals surface area contributed by atoms with Gasteiger partial charge < -0.3 is 10.1 Å². The minimum atomic E-state index is -3.45. The Balaban J connectivity index is 1.09. The van der Waals surface area contributed by atoms with Crippen LogP contribution in [0.15, 0.2) is 60.8 Å². The molecule has 3 atom stereocenters. The van der Waals surface area contributed by atoms with E-state index in [1.165, 1.54) is 11.1 Å². The van der Waals surface area contributed by atoms with Crippen molar-refractivity contribution in [3.8, 4) is 5.75 Å². The molecule has 1 saturated heterocycles. The van der Waals surface area contributed by atoms with Crippen LogP contribution >= 0.6 is 0 Å². The summed E-state index contributed by atoms with van der Waals surface area (Å²) in [6.07, 6.45) is 9.22. The highest BCUT2D eigenvalue weighted by atomic mass is 32.2. The van der Waals surface area contributed by atoms with Gasteiger partial charge in [-0.1, -0.05) is 45.0 Å². The number of nitrogens with one attached hydrogen (secondary N) is 2. The van der Waals surface area contributed by atoms with E-state index in [1.54, 1.807) is 6.07 Å². The fourth-order valence-corrected chi connectivity index (χ4v) is 7.53. The molecule has 1 aliphatic heterocycles. The molecule has 47 heavy (non-hydrogen) atoms. The Hall–Kier alpha value is -3.96. The first kappa shape index (κ1) is 33.0. The van der Waals surface area contributed by atoms with Crippen molar-refractivity contribution < 1.29 is 17.9 Å². The molecule has 2 N–H and O–H groups in total. The van der Waals surface area contributed by atoms with E-state index in [-0.39, 0.29) is 23.5 Å². The lowest BCUT2D eigenvalue weighted by atomic mass is 9.79. The molecule has 1 fully saturated rings. The van der Waals surface area contributed by atoms with Crippen molar-refractivity contribution in [3.05, 3.63) is 83.3 Å². The largest absolute Gasteiger partial charge is 0.484 e. The van der Waals surface area contributed by atoms with Gasteiger partial charge in [0.15, 0.2) is 11.5 Å². The normalized spacial score (nSPS) is 20.2. The minimum Gasteiger partial charge on any atom is -0.484 e. The van der Waals surface area contributed by atoms with Crippen LogP contribution in [-0.4, -0.2) is 53.7 Å². The van der Waals surface area contributed by atoms with Gasteiger partial charge in [0, 0.05) is 12.1 Å². The van der Waals surface area contributed by atoms with Gasteiger partial charge >= 0.3 is 0 Å². The van der Waals surface area contributed by atoms with Crippen LogP contribution in [0.4, 0.5) is 11.4 Å². The third-order valence-corrected chi connectivity index (χ3v) is 10.0. The van der Waals surface area contributed by atoms with Gasteiger partial charge in [-0.25, -0.2) is 8.42 Å². The van der Waals surface area contributed by atoms with Crippen LogP contribution in [0.25, 0.3) is 5.65 Å². The van der Waals surface area contributed by atoms with Crippen LogP contribution in [-0.2, 0) is 20.2 Å². The Morgan fingerprint density at radius 3 is 2.49 bits per heavy atom. The fraction of sp³-hybridized carbons (Fsp3) is 0.472. The van der Waals surface area contributed by atoms with E-state index in [0.717, 1.165) is 74.1 Å². The average molecular weight is 659 g/mol. The van der Waals surface area contributed by atoms with E-state index in [9.17, 15) is 13.2 Å². The van der Waals surface area contributed by atoms with E-state index in [0.29, 0.717) is 23.7 Å². The Kier molecular flexibility index (Phi) is 9.31. The lowest BCUT2D eigenvalue weighted by molar-refractivity contribution is -0.116. The zero-order chi connectivity index (χ0) is 33.3. The quantitative estimate of drug-likeness (QED) is 0.189. The first-order chi connectivity index (χ1) is 22.3. The maximum atomic E-state index is 13.0. The second-order valence-corrected chi connectivity index (χ2v) is 15.9. The third-order valence-electron chi connectivity index (χ3n) is 9.40. The molecule has 11 heteroatoms. The van der Waals surface area contributed by atoms with Crippen LogP contribution < -0.4 is 14.8 Å². The maximum Gasteiger partial charge on any atom is 0.229 e. The average Bonchev–Trinajstić information content (AvgIpc) is 3.62. The summed E-state index contributed by atoms with van der Waals surface area (Å²) in [5, 5.41) is 11.9. The molecule has 6 rings (SSSR count). The Morgan fingerprint density at radius 1 is 1.00 bits per heavy atom. The first-order valence-electron chi connectivity index (χ1n) is 16.6. The van der Waals surface area contributed by atoms with Crippen LogP contribution in [0.1, 0.15) is 106 Å². The van der Waals surface area contributed by atoms with Gasteiger partial charge in [0.1, 0.15) is 11.9 Å². The molecule has 4 aromatic rings. The highest BCUT2D eigenvalue weighted by Crippen LogP contribution is 2.42. The summed E-state index contributed by atoms with van der Waals surface area (Å²) in [5.74, 6) is 2.03. The Labute approximate surface area is 278 Å². The standard InChI is InChI=1S/C36H46N6O4S/c1-36(2,3)25-20-26(22-27(21-25)40-47(5,44)45)37-34(43)14-8-10-24-15-17-32(30-12-7-6-11-29(24)30)46-28-16-18-33-38-39-35(42(33)23-28)31-13-9-19-41(31)4/h6-7,11-12,16,18,20-24,31-32,40H,8-10,13-15,17,19H2,1-5H3,(H,37,43)/t24-,31+,32+/m0/s1. The summed E-state index contributed by atoms with van der Waals surface area (Å²) in [5.41, 5.74) is 5.06. The number of amides is 1. The highest BCUT2D eigenvalue weighted by molar-refractivity contribution is 7.92. The number of pyridine rings is 1. The van der Waals surface area contributed by atoms with Crippen LogP contribution in [0.5, 0.6) is 5.75 Å². The maximum absolute atomic E-state index is 13.0. The second-order valence-electron chi connectivity index (χ2n) is 14.2. The molecule has 2 aliphatic rings.